The number of hydrogen-bond acceptors (Lipinski definition) is 2. The summed E-state index contributed by atoms with van der Waals surface area (Å²) in [4.78, 5) is 26.3. The van der Waals surface area contributed by atoms with Crippen molar-refractivity contribution in [3.63, 3.8) is 0 Å². The Morgan fingerprint density at radius 1 is 0.962 bits per heavy atom. The molecule has 4 heteroatoms. The van der Waals surface area contributed by atoms with Crippen molar-refractivity contribution < 1.29 is 14.7 Å². The lowest BCUT2D eigenvalue weighted by Gasteiger charge is -2.24. The molecule has 1 fully saturated rings. The van der Waals surface area contributed by atoms with E-state index in [1.807, 2.05) is 67.6 Å². The molecule has 3 rings (SSSR count). The van der Waals surface area contributed by atoms with Crippen LogP contribution in [0.2, 0.25) is 0 Å². The number of carbonyl (C=O) groups is 2. The number of carboxylic acids is 1. The molecule has 0 spiro atoms. The first-order valence-corrected chi connectivity index (χ1v) is 9.14. The highest BCUT2D eigenvalue weighted by Crippen LogP contribution is 2.26. The lowest BCUT2D eigenvalue weighted by molar-refractivity contribution is -0.142. The Kier molecular flexibility index (Phi) is 5.71. The first-order chi connectivity index (χ1) is 12.5. The Bertz CT molecular complexity index is 703. The predicted molar refractivity (Wildman–Crippen MR) is 101 cm³/mol. The maximum atomic E-state index is 13.2. The van der Waals surface area contributed by atoms with E-state index in [1.165, 1.54) is 0 Å². The number of carboxylic acid groups (broad SMARTS) is 1. The maximum absolute atomic E-state index is 13.2. The third kappa shape index (κ3) is 4.31. The van der Waals surface area contributed by atoms with Gasteiger partial charge >= 0.3 is 5.97 Å². The van der Waals surface area contributed by atoms with E-state index in [9.17, 15) is 14.7 Å². The predicted octanol–water partition coefficient (Wildman–Crippen LogP) is 3.27. The number of nitrogens with zero attached hydrogens (tertiary/aromatic N) is 1. The second-order valence-corrected chi connectivity index (χ2v) is 7.24. The van der Waals surface area contributed by atoms with Gasteiger partial charge in [0.15, 0.2) is 0 Å². The Hall–Kier alpha value is -2.62. The topological polar surface area (TPSA) is 57.6 Å². The molecule has 1 N–H and O–H groups in total. The van der Waals surface area contributed by atoms with Crippen LogP contribution in [0.1, 0.15) is 18.1 Å². The van der Waals surface area contributed by atoms with Gasteiger partial charge in [-0.25, -0.2) is 0 Å². The quantitative estimate of drug-likeness (QED) is 0.869. The second-order valence-electron chi connectivity index (χ2n) is 7.24. The Morgan fingerprint density at radius 2 is 1.46 bits per heavy atom. The zero-order valence-corrected chi connectivity index (χ0v) is 15.0. The molecule has 4 nitrogen and oxygen atoms in total. The molecule has 2 aromatic rings. The highest BCUT2D eigenvalue weighted by atomic mass is 16.4. The third-order valence-electron chi connectivity index (χ3n) is 5.24. The van der Waals surface area contributed by atoms with Crippen LogP contribution in [-0.4, -0.2) is 35.0 Å². The molecule has 1 aliphatic heterocycles. The molecule has 1 saturated heterocycles. The molecule has 2 atom stereocenters. The second kappa shape index (κ2) is 8.17. The summed E-state index contributed by atoms with van der Waals surface area (Å²) in [6.07, 6.45) is 1.33. The zero-order valence-electron chi connectivity index (χ0n) is 15.0. The van der Waals surface area contributed by atoms with Gasteiger partial charge in [-0.05, 0) is 29.9 Å². The van der Waals surface area contributed by atoms with Crippen LogP contribution in [0.3, 0.4) is 0 Å². The van der Waals surface area contributed by atoms with Crippen molar-refractivity contribution in [2.75, 3.05) is 13.1 Å². The van der Waals surface area contributed by atoms with Crippen LogP contribution in [-0.2, 0) is 22.4 Å². The van der Waals surface area contributed by atoms with Crippen molar-refractivity contribution in [1.29, 1.82) is 0 Å². The van der Waals surface area contributed by atoms with Crippen LogP contribution in [0.15, 0.2) is 60.7 Å². The SMILES string of the molecule is C[C@@H]1CN(C(=O)C(Cc2ccccc2)Cc2ccccc2)C[C@H]1C(=O)O. The van der Waals surface area contributed by atoms with E-state index in [0.29, 0.717) is 25.9 Å². The fourth-order valence-electron chi connectivity index (χ4n) is 3.77. The molecule has 0 aliphatic carbocycles. The van der Waals surface area contributed by atoms with Gasteiger partial charge < -0.3 is 10.0 Å². The number of amides is 1. The summed E-state index contributed by atoms with van der Waals surface area (Å²) in [7, 11) is 0. The molecule has 0 aromatic heterocycles. The summed E-state index contributed by atoms with van der Waals surface area (Å²) in [6, 6.07) is 20.0. The van der Waals surface area contributed by atoms with Gasteiger partial charge in [0, 0.05) is 19.0 Å². The largest absolute Gasteiger partial charge is 0.481 e. The van der Waals surface area contributed by atoms with Crippen LogP contribution < -0.4 is 0 Å². The number of benzene rings is 2. The van der Waals surface area contributed by atoms with Crippen LogP contribution in [0.5, 0.6) is 0 Å². The Labute approximate surface area is 154 Å². The molecular weight excluding hydrogens is 326 g/mol. The number of likely N-dealkylation sites (tertiary alicyclic amines) is 1. The van der Waals surface area contributed by atoms with E-state index in [1.54, 1.807) is 4.90 Å². The van der Waals surface area contributed by atoms with Gasteiger partial charge in [-0.1, -0.05) is 67.6 Å². The van der Waals surface area contributed by atoms with E-state index in [4.69, 9.17) is 0 Å². The molecule has 2 aromatic carbocycles. The standard InChI is InChI=1S/C22H25NO3/c1-16-14-23(15-20(16)22(25)26)21(24)19(12-17-8-4-2-5-9-17)13-18-10-6-3-7-11-18/h2-11,16,19-20H,12-15H2,1H3,(H,25,26)/t16-,20-/m1/s1. The third-order valence-corrected chi connectivity index (χ3v) is 5.24. The summed E-state index contributed by atoms with van der Waals surface area (Å²) < 4.78 is 0. The number of aliphatic carboxylic acids is 1. The molecule has 1 aliphatic rings. The van der Waals surface area contributed by atoms with E-state index >= 15 is 0 Å². The lowest BCUT2D eigenvalue weighted by Crippen LogP contribution is -2.37. The van der Waals surface area contributed by atoms with Crippen LogP contribution in [0.4, 0.5) is 0 Å². The van der Waals surface area contributed by atoms with Crippen molar-refractivity contribution in [1.82, 2.24) is 4.90 Å². The minimum Gasteiger partial charge on any atom is -0.481 e. The van der Waals surface area contributed by atoms with E-state index < -0.39 is 11.9 Å². The fraction of sp³-hybridized carbons (Fsp3) is 0.364. The minimum absolute atomic E-state index is 0.00875. The summed E-state index contributed by atoms with van der Waals surface area (Å²) >= 11 is 0. The van der Waals surface area contributed by atoms with Crippen molar-refractivity contribution in [3.05, 3.63) is 71.8 Å². The van der Waals surface area contributed by atoms with Gasteiger partial charge in [-0.15, -0.1) is 0 Å². The molecule has 1 heterocycles. The number of rotatable bonds is 6. The van der Waals surface area contributed by atoms with Gasteiger partial charge in [0.2, 0.25) is 5.91 Å². The Balaban J connectivity index is 1.78. The molecule has 0 bridgehead atoms. The monoisotopic (exact) mass is 351 g/mol. The summed E-state index contributed by atoms with van der Waals surface area (Å²) in [6.45, 7) is 2.75. The summed E-state index contributed by atoms with van der Waals surface area (Å²) in [5.74, 6) is -1.40. The van der Waals surface area contributed by atoms with Gasteiger partial charge in [-0.2, -0.15) is 0 Å². The average molecular weight is 351 g/mol. The van der Waals surface area contributed by atoms with Crippen LogP contribution in [0, 0.1) is 17.8 Å². The number of hydrogen-bond donors (Lipinski definition) is 1. The first kappa shape index (κ1) is 18.2. The lowest BCUT2D eigenvalue weighted by atomic mass is 9.91. The molecule has 0 radical (unpaired) electrons. The van der Waals surface area contributed by atoms with Gasteiger partial charge in [0.25, 0.3) is 0 Å². The van der Waals surface area contributed by atoms with Crippen LogP contribution in [0.25, 0.3) is 0 Å². The molecule has 1 amide bonds. The molecule has 26 heavy (non-hydrogen) atoms. The van der Waals surface area contributed by atoms with Gasteiger partial charge in [-0.3, -0.25) is 9.59 Å². The van der Waals surface area contributed by atoms with Crippen molar-refractivity contribution in [3.8, 4) is 0 Å². The molecule has 0 saturated carbocycles. The fourth-order valence-corrected chi connectivity index (χ4v) is 3.77. The van der Waals surface area contributed by atoms with E-state index in [-0.39, 0.29) is 17.7 Å². The number of carbonyl (C=O) groups excluding carboxylic acids is 1. The van der Waals surface area contributed by atoms with Crippen molar-refractivity contribution in [2.45, 2.75) is 19.8 Å². The van der Waals surface area contributed by atoms with Gasteiger partial charge in [0.1, 0.15) is 0 Å². The van der Waals surface area contributed by atoms with Crippen molar-refractivity contribution >= 4 is 11.9 Å². The van der Waals surface area contributed by atoms with Crippen LogP contribution >= 0.6 is 0 Å². The van der Waals surface area contributed by atoms with Gasteiger partial charge in [0.05, 0.1) is 5.92 Å². The smallest absolute Gasteiger partial charge is 0.308 e. The molecule has 0 unspecified atom stereocenters. The Morgan fingerprint density at radius 3 is 1.88 bits per heavy atom. The maximum Gasteiger partial charge on any atom is 0.308 e. The molecule has 136 valence electrons. The highest BCUT2D eigenvalue weighted by molar-refractivity contribution is 5.81. The van der Waals surface area contributed by atoms with Crippen molar-refractivity contribution in [2.24, 2.45) is 17.8 Å². The molecular formula is C22H25NO3. The minimum atomic E-state index is -0.810. The normalized spacial score (nSPS) is 19.7. The average Bonchev–Trinajstić information content (AvgIpc) is 3.04. The summed E-state index contributed by atoms with van der Waals surface area (Å²) in [5, 5.41) is 9.35. The summed E-state index contributed by atoms with van der Waals surface area (Å²) in [5.41, 5.74) is 2.26. The highest BCUT2D eigenvalue weighted by Gasteiger charge is 2.38. The zero-order chi connectivity index (χ0) is 18.5. The van der Waals surface area contributed by atoms with E-state index in [0.717, 1.165) is 11.1 Å². The van der Waals surface area contributed by atoms with E-state index in [2.05, 4.69) is 0 Å². The first-order valence-electron chi connectivity index (χ1n) is 9.14.